The minimum atomic E-state index is -1.21. The Bertz CT molecular complexity index is 1450. The van der Waals surface area contributed by atoms with Crippen LogP contribution in [0.15, 0.2) is 60.7 Å². The Balaban J connectivity index is 1.59. The Hall–Kier alpha value is -4.02. The third-order valence-corrected chi connectivity index (χ3v) is 6.32. The van der Waals surface area contributed by atoms with Gasteiger partial charge >= 0.3 is 5.97 Å². The van der Waals surface area contributed by atoms with Gasteiger partial charge in [0.05, 0.1) is 43.7 Å². The zero-order valence-corrected chi connectivity index (χ0v) is 20.1. The third-order valence-electron chi connectivity index (χ3n) is 5.07. The number of pyridine rings is 1. The average molecular weight is 512 g/mol. The van der Waals surface area contributed by atoms with Crippen molar-refractivity contribution in [2.24, 2.45) is 0 Å². The number of nitrogens with one attached hydrogen (secondary N) is 1. The average Bonchev–Trinajstić information content (AvgIpc) is 3.29. The summed E-state index contributed by atoms with van der Waals surface area (Å²) in [6.07, 6.45) is -1.21. The number of nitro groups is 1. The van der Waals surface area contributed by atoms with E-state index >= 15 is 0 Å². The van der Waals surface area contributed by atoms with Gasteiger partial charge in [0.1, 0.15) is 5.75 Å². The number of ether oxygens (including phenoxy) is 2. The Kier molecular flexibility index (Phi) is 6.94. The van der Waals surface area contributed by atoms with Crippen molar-refractivity contribution in [2.75, 3.05) is 12.4 Å². The number of aromatic nitrogens is 1. The molecule has 1 N–H and O–H groups in total. The number of hydrogen-bond acceptors (Lipinski definition) is 8. The van der Waals surface area contributed by atoms with Crippen LogP contribution in [-0.2, 0) is 9.53 Å². The fourth-order valence-electron chi connectivity index (χ4n) is 3.34. The number of anilines is 1. The van der Waals surface area contributed by atoms with Gasteiger partial charge in [0, 0.05) is 17.5 Å². The van der Waals surface area contributed by atoms with Crippen LogP contribution in [0.4, 0.5) is 11.4 Å². The number of esters is 1. The van der Waals surface area contributed by atoms with Gasteiger partial charge in [0.15, 0.2) is 6.10 Å². The van der Waals surface area contributed by atoms with Gasteiger partial charge in [-0.05, 0) is 37.3 Å². The molecule has 35 heavy (non-hydrogen) atoms. The van der Waals surface area contributed by atoms with Crippen molar-refractivity contribution in [3.05, 3.63) is 80.7 Å². The molecule has 0 saturated heterocycles. The molecule has 2 aromatic carbocycles. The van der Waals surface area contributed by atoms with E-state index in [1.54, 1.807) is 36.4 Å². The summed E-state index contributed by atoms with van der Waals surface area (Å²) in [6.45, 7) is 1.40. The quantitative estimate of drug-likeness (QED) is 0.191. The van der Waals surface area contributed by atoms with E-state index in [0.29, 0.717) is 20.9 Å². The van der Waals surface area contributed by atoms with Crippen LogP contribution in [-0.4, -0.2) is 35.0 Å². The van der Waals surface area contributed by atoms with Crippen molar-refractivity contribution < 1.29 is 24.0 Å². The first-order valence-corrected chi connectivity index (χ1v) is 11.5. The summed E-state index contributed by atoms with van der Waals surface area (Å²) in [5, 5.41) is 14.2. The van der Waals surface area contributed by atoms with Crippen molar-refractivity contribution in [1.82, 2.24) is 4.98 Å². The number of carbonyl (C=O) groups is 2. The molecule has 2 aromatic heterocycles. The molecule has 4 aromatic rings. The van der Waals surface area contributed by atoms with E-state index < -0.39 is 22.9 Å². The van der Waals surface area contributed by atoms with Gasteiger partial charge in [-0.2, -0.15) is 0 Å². The van der Waals surface area contributed by atoms with E-state index in [4.69, 9.17) is 21.1 Å². The van der Waals surface area contributed by atoms with Crippen LogP contribution >= 0.6 is 22.9 Å². The highest BCUT2D eigenvalue weighted by Gasteiger charge is 2.23. The number of thiophene rings is 1. The van der Waals surface area contributed by atoms with Gasteiger partial charge in [0.25, 0.3) is 11.6 Å². The number of para-hydroxylation sites is 1. The molecule has 0 spiro atoms. The largest absolute Gasteiger partial charge is 0.495 e. The molecule has 0 radical (unpaired) electrons. The molecular formula is C24H18ClN3O6S. The summed E-state index contributed by atoms with van der Waals surface area (Å²) >= 11 is 7.38. The molecule has 4 rings (SSSR count). The maximum atomic E-state index is 13.1. The second-order valence-electron chi connectivity index (χ2n) is 7.35. The molecule has 178 valence electrons. The standard InChI is InChI=1S/C24H18ClN3O6S/c1-13(23(29)27-18-11-14(28(31)32)7-8-20(18)33-2)34-24(30)16-12-19(21-9-10-22(25)35-21)26-17-6-4-3-5-15(16)17/h3-13H,1-2H3,(H,27,29). The summed E-state index contributed by atoms with van der Waals surface area (Å²) in [7, 11) is 1.37. The fraction of sp³-hybridized carbons (Fsp3) is 0.125. The topological polar surface area (TPSA) is 121 Å². The van der Waals surface area contributed by atoms with E-state index in [2.05, 4.69) is 10.3 Å². The first kappa shape index (κ1) is 24.1. The number of nitrogens with zero attached hydrogens (tertiary/aromatic N) is 2. The summed E-state index contributed by atoms with van der Waals surface area (Å²) in [5.74, 6) is -1.18. The van der Waals surface area contributed by atoms with Crippen LogP contribution < -0.4 is 10.1 Å². The lowest BCUT2D eigenvalue weighted by Crippen LogP contribution is -2.30. The molecule has 0 aliphatic carbocycles. The van der Waals surface area contributed by atoms with Crippen LogP contribution in [0, 0.1) is 10.1 Å². The van der Waals surface area contributed by atoms with Crippen LogP contribution in [0.1, 0.15) is 17.3 Å². The number of nitro benzene ring substituents is 1. The molecule has 11 heteroatoms. The van der Waals surface area contributed by atoms with Crippen molar-refractivity contribution in [2.45, 2.75) is 13.0 Å². The Morgan fingerprint density at radius 1 is 1.14 bits per heavy atom. The van der Waals surface area contributed by atoms with E-state index in [1.165, 1.54) is 43.6 Å². The molecule has 1 unspecified atom stereocenters. The number of methoxy groups -OCH3 is 1. The predicted octanol–water partition coefficient (Wildman–Crippen LogP) is 5.72. The van der Waals surface area contributed by atoms with Gasteiger partial charge in [-0.25, -0.2) is 9.78 Å². The zero-order valence-electron chi connectivity index (χ0n) is 18.5. The summed E-state index contributed by atoms with van der Waals surface area (Å²) in [4.78, 5) is 41.7. The molecule has 2 heterocycles. The number of halogens is 1. The van der Waals surface area contributed by atoms with E-state index in [1.807, 2.05) is 6.07 Å². The second kappa shape index (κ2) is 10.1. The molecule has 1 amide bonds. The van der Waals surface area contributed by atoms with Crippen molar-refractivity contribution in [3.63, 3.8) is 0 Å². The first-order valence-electron chi connectivity index (χ1n) is 10.3. The Labute approximate surface area is 208 Å². The monoisotopic (exact) mass is 511 g/mol. The van der Waals surface area contributed by atoms with Gasteiger partial charge in [-0.3, -0.25) is 14.9 Å². The van der Waals surface area contributed by atoms with Gasteiger partial charge in [-0.15, -0.1) is 11.3 Å². The minimum absolute atomic E-state index is 0.0841. The highest BCUT2D eigenvalue weighted by Crippen LogP contribution is 2.33. The predicted molar refractivity (Wildman–Crippen MR) is 133 cm³/mol. The van der Waals surface area contributed by atoms with E-state index in [9.17, 15) is 19.7 Å². The summed E-state index contributed by atoms with van der Waals surface area (Å²) in [5.41, 5.74) is 1.23. The van der Waals surface area contributed by atoms with Gasteiger partial charge < -0.3 is 14.8 Å². The molecular weight excluding hydrogens is 494 g/mol. The number of carbonyl (C=O) groups excluding carboxylic acids is 2. The molecule has 0 aliphatic rings. The van der Waals surface area contributed by atoms with E-state index in [0.717, 1.165) is 4.88 Å². The number of benzene rings is 2. The molecule has 0 bridgehead atoms. The molecule has 0 aliphatic heterocycles. The number of rotatable bonds is 7. The maximum absolute atomic E-state index is 13.1. The lowest BCUT2D eigenvalue weighted by atomic mass is 10.1. The number of fused-ring (bicyclic) bond motifs is 1. The normalized spacial score (nSPS) is 11.6. The molecule has 0 fully saturated rings. The van der Waals surface area contributed by atoms with Crippen LogP contribution in [0.25, 0.3) is 21.5 Å². The first-order chi connectivity index (χ1) is 16.8. The van der Waals surface area contributed by atoms with Gasteiger partial charge in [-0.1, -0.05) is 29.8 Å². The van der Waals surface area contributed by atoms with Crippen molar-refractivity contribution in [3.8, 4) is 16.3 Å². The highest BCUT2D eigenvalue weighted by molar-refractivity contribution is 7.19. The smallest absolute Gasteiger partial charge is 0.339 e. The van der Waals surface area contributed by atoms with Crippen LogP contribution in [0.2, 0.25) is 4.34 Å². The van der Waals surface area contributed by atoms with Crippen molar-refractivity contribution in [1.29, 1.82) is 0 Å². The molecule has 1 atom stereocenters. The minimum Gasteiger partial charge on any atom is -0.495 e. The van der Waals surface area contributed by atoms with Crippen LogP contribution in [0.3, 0.4) is 0 Å². The lowest BCUT2D eigenvalue weighted by Gasteiger charge is -2.16. The van der Waals surface area contributed by atoms with Gasteiger partial charge in [0.2, 0.25) is 0 Å². The van der Waals surface area contributed by atoms with Crippen LogP contribution in [0.5, 0.6) is 5.75 Å². The number of hydrogen-bond donors (Lipinski definition) is 1. The van der Waals surface area contributed by atoms with E-state index in [-0.39, 0.29) is 22.7 Å². The second-order valence-corrected chi connectivity index (χ2v) is 9.07. The number of non-ortho nitro benzene ring substituents is 1. The number of amides is 1. The third kappa shape index (κ3) is 5.23. The summed E-state index contributed by atoms with van der Waals surface area (Å²) in [6, 6.07) is 16.0. The van der Waals surface area contributed by atoms with Crippen molar-refractivity contribution >= 4 is 57.1 Å². The molecule has 9 nitrogen and oxygen atoms in total. The Morgan fingerprint density at radius 3 is 2.60 bits per heavy atom. The summed E-state index contributed by atoms with van der Waals surface area (Å²) < 4.78 is 11.2. The Morgan fingerprint density at radius 2 is 1.91 bits per heavy atom. The lowest BCUT2D eigenvalue weighted by molar-refractivity contribution is -0.384. The molecule has 0 saturated carbocycles. The fourth-order valence-corrected chi connectivity index (χ4v) is 4.35. The maximum Gasteiger partial charge on any atom is 0.339 e. The SMILES string of the molecule is COc1ccc([N+](=O)[O-])cc1NC(=O)C(C)OC(=O)c1cc(-c2ccc(Cl)s2)nc2ccccc12. The highest BCUT2D eigenvalue weighted by atomic mass is 35.5. The zero-order chi connectivity index (χ0) is 25.1.